The van der Waals surface area contributed by atoms with Crippen LogP contribution in [-0.2, 0) is 20.8 Å². The van der Waals surface area contributed by atoms with Gasteiger partial charge in [-0.25, -0.2) is 4.98 Å². The van der Waals surface area contributed by atoms with Gasteiger partial charge in [0.25, 0.3) is 0 Å². The molecule has 136 valence electrons. The Morgan fingerprint density at radius 2 is 2.23 bits per heavy atom. The standard InChI is InChI=1S/C17H18N4O3S2/c1-25-12-4-2-3-10(7-12)18-15(23)8-11-9-26-17(19-11)21-16(24)13-5-6-14(22)20-13/h2-4,7,9,13H,5-6,8H2,1H3,(H,18,23)(H,20,22)(H,19,21,24)/t13-/m1/s1. The fourth-order valence-electron chi connectivity index (χ4n) is 2.52. The lowest BCUT2D eigenvalue weighted by Gasteiger charge is -2.08. The molecule has 26 heavy (non-hydrogen) atoms. The Kier molecular flexibility index (Phi) is 5.89. The summed E-state index contributed by atoms with van der Waals surface area (Å²) in [4.78, 5) is 40.7. The summed E-state index contributed by atoms with van der Waals surface area (Å²) in [5, 5.41) is 10.3. The van der Waals surface area contributed by atoms with Crippen molar-refractivity contribution in [2.75, 3.05) is 16.9 Å². The van der Waals surface area contributed by atoms with Crippen molar-refractivity contribution in [1.82, 2.24) is 10.3 Å². The number of thiazole rings is 1. The second-order valence-electron chi connectivity index (χ2n) is 5.75. The van der Waals surface area contributed by atoms with Gasteiger partial charge in [0.1, 0.15) is 6.04 Å². The Hall–Kier alpha value is -2.39. The summed E-state index contributed by atoms with van der Waals surface area (Å²) in [5.74, 6) is -0.572. The van der Waals surface area contributed by atoms with E-state index < -0.39 is 6.04 Å². The molecule has 1 aliphatic rings. The Labute approximate surface area is 159 Å². The first kappa shape index (κ1) is 18.4. The smallest absolute Gasteiger partial charge is 0.248 e. The van der Waals surface area contributed by atoms with Crippen molar-refractivity contribution >= 4 is 51.6 Å². The number of carbonyl (C=O) groups excluding carboxylic acids is 3. The molecule has 3 rings (SSSR count). The van der Waals surface area contributed by atoms with Crippen molar-refractivity contribution in [3.8, 4) is 0 Å². The Morgan fingerprint density at radius 1 is 1.38 bits per heavy atom. The minimum Gasteiger partial charge on any atom is -0.344 e. The van der Waals surface area contributed by atoms with Crippen LogP contribution in [0.15, 0.2) is 34.5 Å². The van der Waals surface area contributed by atoms with E-state index in [9.17, 15) is 14.4 Å². The monoisotopic (exact) mass is 390 g/mol. The number of thioether (sulfide) groups is 1. The highest BCUT2D eigenvalue weighted by Gasteiger charge is 2.27. The van der Waals surface area contributed by atoms with E-state index >= 15 is 0 Å². The van der Waals surface area contributed by atoms with Gasteiger partial charge in [-0.3, -0.25) is 14.4 Å². The third-order valence-electron chi connectivity index (χ3n) is 3.79. The zero-order chi connectivity index (χ0) is 18.5. The molecule has 0 spiro atoms. The predicted octanol–water partition coefficient (Wildman–Crippen LogP) is 2.26. The minimum absolute atomic E-state index is 0.118. The largest absolute Gasteiger partial charge is 0.344 e. The molecule has 2 aromatic rings. The van der Waals surface area contributed by atoms with Crippen molar-refractivity contribution in [3.63, 3.8) is 0 Å². The van der Waals surface area contributed by atoms with Crippen molar-refractivity contribution in [2.45, 2.75) is 30.2 Å². The first-order valence-corrected chi connectivity index (χ1v) is 10.1. The molecule has 3 N–H and O–H groups in total. The van der Waals surface area contributed by atoms with Crippen molar-refractivity contribution in [1.29, 1.82) is 0 Å². The zero-order valence-electron chi connectivity index (χ0n) is 14.1. The Morgan fingerprint density at radius 3 is 2.96 bits per heavy atom. The molecule has 9 heteroatoms. The number of benzene rings is 1. The number of carbonyl (C=O) groups is 3. The number of rotatable bonds is 6. The van der Waals surface area contributed by atoms with Crippen LogP contribution in [0.4, 0.5) is 10.8 Å². The molecule has 1 fully saturated rings. The molecule has 1 atom stereocenters. The van der Waals surface area contributed by atoms with E-state index in [0.717, 1.165) is 10.6 Å². The van der Waals surface area contributed by atoms with Crippen LogP contribution < -0.4 is 16.0 Å². The fraction of sp³-hybridized carbons (Fsp3) is 0.294. The van der Waals surface area contributed by atoms with Crippen molar-refractivity contribution in [3.05, 3.63) is 35.3 Å². The molecular weight excluding hydrogens is 372 g/mol. The molecule has 0 aliphatic carbocycles. The first-order valence-electron chi connectivity index (χ1n) is 8.02. The number of anilines is 2. The molecule has 1 saturated heterocycles. The maximum atomic E-state index is 12.2. The number of amides is 3. The van der Waals surface area contributed by atoms with Gasteiger partial charge in [-0.05, 0) is 30.9 Å². The van der Waals surface area contributed by atoms with E-state index in [4.69, 9.17) is 0 Å². The maximum Gasteiger partial charge on any atom is 0.248 e. The third kappa shape index (κ3) is 4.83. The van der Waals surface area contributed by atoms with Crippen molar-refractivity contribution in [2.24, 2.45) is 0 Å². The molecule has 3 amide bonds. The van der Waals surface area contributed by atoms with Crippen LogP contribution in [-0.4, -0.2) is 35.0 Å². The van der Waals surface area contributed by atoms with Crippen LogP contribution >= 0.6 is 23.1 Å². The van der Waals surface area contributed by atoms with Crippen LogP contribution in [0.2, 0.25) is 0 Å². The lowest BCUT2D eigenvalue weighted by molar-refractivity contribution is -0.122. The molecule has 0 saturated carbocycles. The third-order valence-corrected chi connectivity index (χ3v) is 5.32. The molecule has 1 aliphatic heterocycles. The molecule has 2 heterocycles. The van der Waals surface area contributed by atoms with Gasteiger partial charge >= 0.3 is 0 Å². The molecule has 7 nitrogen and oxygen atoms in total. The van der Waals surface area contributed by atoms with Gasteiger partial charge < -0.3 is 16.0 Å². The SMILES string of the molecule is CSc1cccc(NC(=O)Cc2csc(NC(=O)[C@H]3CCC(=O)N3)n2)c1. The molecule has 1 aromatic carbocycles. The van der Waals surface area contributed by atoms with Crippen LogP contribution in [0.25, 0.3) is 0 Å². The highest BCUT2D eigenvalue weighted by atomic mass is 32.2. The van der Waals surface area contributed by atoms with Gasteiger partial charge in [0.2, 0.25) is 17.7 Å². The topological polar surface area (TPSA) is 100 Å². The molecule has 0 bridgehead atoms. The summed E-state index contributed by atoms with van der Waals surface area (Å²) in [6.07, 6.45) is 2.94. The number of hydrogen-bond acceptors (Lipinski definition) is 6. The molecular formula is C17H18N4O3S2. The van der Waals surface area contributed by atoms with Gasteiger partial charge in [0.05, 0.1) is 12.1 Å². The average Bonchev–Trinajstić information content (AvgIpc) is 3.24. The highest BCUT2D eigenvalue weighted by molar-refractivity contribution is 7.98. The second-order valence-corrected chi connectivity index (χ2v) is 7.49. The van der Waals surface area contributed by atoms with Crippen LogP contribution in [0.3, 0.4) is 0 Å². The second kappa shape index (κ2) is 8.33. The van der Waals surface area contributed by atoms with E-state index in [0.29, 0.717) is 23.7 Å². The van der Waals surface area contributed by atoms with E-state index in [2.05, 4.69) is 20.9 Å². The first-order chi connectivity index (χ1) is 12.5. The van der Waals surface area contributed by atoms with E-state index in [1.165, 1.54) is 11.3 Å². The van der Waals surface area contributed by atoms with E-state index in [1.54, 1.807) is 17.1 Å². The van der Waals surface area contributed by atoms with Crippen molar-refractivity contribution < 1.29 is 14.4 Å². The van der Waals surface area contributed by atoms with Gasteiger partial charge in [-0.15, -0.1) is 23.1 Å². The summed E-state index contributed by atoms with van der Waals surface area (Å²) in [6.45, 7) is 0. The Balaban J connectivity index is 1.53. The predicted molar refractivity (Wildman–Crippen MR) is 102 cm³/mol. The number of nitrogens with zero attached hydrogens (tertiary/aromatic N) is 1. The van der Waals surface area contributed by atoms with Gasteiger partial charge in [0, 0.05) is 22.4 Å². The normalized spacial score (nSPS) is 16.2. The summed E-state index contributed by atoms with van der Waals surface area (Å²) in [7, 11) is 0. The summed E-state index contributed by atoms with van der Waals surface area (Å²) in [6, 6.07) is 7.09. The maximum absolute atomic E-state index is 12.2. The van der Waals surface area contributed by atoms with Gasteiger partial charge in [0.15, 0.2) is 5.13 Å². The van der Waals surface area contributed by atoms with Gasteiger partial charge in [-0.1, -0.05) is 6.07 Å². The average molecular weight is 390 g/mol. The summed E-state index contributed by atoms with van der Waals surface area (Å²) < 4.78 is 0. The lowest BCUT2D eigenvalue weighted by Crippen LogP contribution is -2.37. The van der Waals surface area contributed by atoms with Crippen LogP contribution in [0, 0.1) is 0 Å². The molecule has 0 radical (unpaired) electrons. The summed E-state index contributed by atoms with van der Waals surface area (Å²) in [5.41, 5.74) is 1.32. The lowest BCUT2D eigenvalue weighted by atomic mass is 10.2. The molecule has 1 aromatic heterocycles. The minimum atomic E-state index is -0.512. The number of aromatic nitrogens is 1. The van der Waals surface area contributed by atoms with Gasteiger partial charge in [-0.2, -0.15) is 0 Å². The number of nitrogens with one attached hydrogen (secondary N) is 3. The van der Waals surface area contributed by atoms with E-state index in [1.807, 2.05) is 30.5 Å². The molecule has 0 unspecified atom stereocenters. The Bertz CT molecular complexity index is 837. The zero-order valence-corrected chi connectivity index (χ0v) is 15.7. The fourth-order valence-corrected chi connectivity index (χ4v) is 3.69. The van der Waals surface area contributed by atoms with Crippen LogP contribution in [0.1, 0.15) is 18.5 Å². The quantitative estimate of drug-likeness (QED) is 0.657. The summed E-state index contributed by atoms with van der Waals surface area (Å²) >= 11 is 2.86. The van der Waals surface area contributed by atoms with Crippen LogP contribution in [0.5, 0.6) is 0 Å². The van der Waals surface area contributed by atoms with E-state index in [-0.39, 0.29) is 24.1 Å². The number of hydrogen-bond donors (Lipinski definition) is 3. The highest BCUT2D eigenvalue weighted by Crippen LogP contribution is 2.20.